The lowest BCUT2D eigenvalue weighted by Gasteiger charge is -2.31. The Labute approximate surface area is 173 Å². The van der Waals surface area contributed by atoms with Gasteiger partial charge in [0.1, 0.15) is 10.7 Å². The van der Waals surface area contributed by atoms with Crippen LogP contribution in [0.5, 0.6) is 0 Å². The van der Waals surface area contributed by atoms with Gasteiger partial charge in [0, 0.05) is 24.7 Å². The third kappa shape index (κ3) is 4.33. The molecule has 150 valence electrons. The van der Waals surface area contributed by atoms with Crippen molar-refractivity contribution in [3.63, 3.8) is 0 Å². The molecule has 5 nitrogen and oxygen atoms in total. The summed E-state index contributed by atoms with van der Waals surface area (Å²) in [5.41, 5.74) is 0.876. The van der Waals surface area contributed by atoms with Crippen LogP contribution in [0.4, 0.5) is 10.1 Å². The second-order valence-corrected chi connectivity index (χ2v) is 9.37. The minimum atomic E-state index is -3.85. The zero-order chi connectivity index (χ0) is 20.5. The predicted octanol–water partition coefficient (Wildman–Crippen LogP) is 4.48. The van der Waals surface area contributed by atoms with E-state index in [1.807, 2.05) is 0 Å². The first-order chi connectivity index (χ1) is 13.2. The number of rotatable bonds is 4. The van der Waals surface area contributed by atoms with Crippen LogP contribution in [0.2, 0.25) is 10.0 Å². The number of nitrogens with zero attached hydrogens (tertiary/aromatic N) is 1. The van der Waals surface area contributed by atoms with Gasteiger partial charge in [-0.05, 0) is 49.6 Å². The summed E-state index contributed by atoms with van der Waals surface area (Å²) in [6.07, 6.45) is 0.697. The first-order valence-corrected chi connectivity index (χ1v) is 10.9. The molecule has 0 aromatic heterocycles. The Hall–Kier alpha value is -1.67. The van der Waals surface area contributed by atoms with E-state index in [1.165, 1.54) is 22.5 Å². The first-order valence-electron chi connectivity index (χ1n) is 8.71. The van der Waals surface area contributed by atoms with Gasteiger partial charge in [-0.1, -0.05) is 35.3 Å². The van der Waals surface area contributed by atoms with Crippen LogP contribution in [0.1, 0.15) is 18.4 Å². The Morgan fingerprint density at radius 1 is 1.14 bits per heavy atom. The van der Waals surface area contributed by atoms with E-state index in [4.69, 9.17) is 23.2 Å². The molecule has 1 amide bonds. The third-order valence-electron chi connectivity index (χ3n) is 4.78. The SMILES string of the molecule is Cc1ccc(NC(=O)C2CCN(S(=O)(=O)c3c(Cl)cccc3Cl)CC2)cc1F. The van der Waals surface area contributed by atoms with Crippen molar-refractivity contribution in [2.75, 3.05) is 18.4 Å². The average Bonchev–Trinajstić information content (AvgIpc) is 2.64. The van der Waals surface area contributed by atoms with Gasteiger partial charge in [0.05, 0.1) is 10.0 Å². The summed E-state index contributed by atoms with van der Waals surface area (Å²) in [7, 11) is -3.85. The van der Waals surface area contributed by atoms with Crippen LogP contribution in [0.25, 0.3) is 0 Å². The molecule has 0 radical (unpaired) electrons. The molecule has 2 aromatic rings. The van der Waals surface area contributed by atoms with Crippen LogP contribution in [0.3, 0.4) is 0 Å². The number of hydrogen-bond acceptors (Lipinski definition) is 3. The number of carbonyl (C=O) groups excluding carboxylic acids is 1. The zero-order valence-corrected chi connectivity index (χ0v) is 17.4. The maximum absolute atomic E-state index is 13.6. The number of piperidine rings is 1. The van der Waals surface area contributed by atoms with E-state index in [9.17, 15) is 17.6 Å². The summed E-state index contributed by atoms with van der Waals surface area (Å²) in [5, 5.41) is 2.82. The first kappa shape index (κ1) is 21.0. The highest BCUT2D eigenvalue weighted by atomic mass is 35.5. The lowest BCUT2D eigenvalue weighted by Crippen LogP contribution is -2.41. The van der Waals surface area contributed by atoms with Crippen LogP contribution in [-0.2, 0) is 14.8 Å². The molecule has 9 heteroatoms. The summed E-state index contributed by atoms with van der Waals surface area (Å²) in [6.45, 7) is 1.98. The number of halogens is 3. The Balaban J connectivity index is 1.67. The van der Waals surface area contributed by atoms with Crippen molar-refractivity contribution in [3.8, 4) is 0 Å². The lowest BCUT2D eigenvalue weighted by molar-refractivity contribution is -0.120. The van der Waals surface area contributed by atoms with Gasteiger partial charge >= 0.3 is 0 Å². The van der Waals surface area contributed by atoms with E-state index in [-0.39, 0.29) is 39.9 Å². The zero-order valence-electron chi connectivity index (χ0n) is 15.1. The van der Waals surface area contributed by atoms with Gasteiger partial charge in [0.25, 0.3) is 0 Å². The monoisotopic (exact) mass is 444 g/mol. The molecule has 1 aliphatic rings. The highest BCUT2D eigenvalue weighted by Gasteiger charge is 2.34. The molecule has 28 heavy (non-hydrogen) atoms. The Morgan fingerprint density at radius 2 is 1.75 bits per heavy atom. The van der Waals surface area contributed by atoms with Crippen molar-refractivity contribution < 1.29 is 17.6 Å². The largest absolute Gasteiger partial charge is 0.326 e. The summed E-state index contributed by atoms with van der Waals surface area (Å²) in [4.78, 5) is 12.3. The molecular formula is C19H19Cl2FN2O3S. The minimum Gasteiger partial charge on any atom is -0.326 e. The summed E-state index contributed by atoms with van der Waals surface area (Å²) in [6, 6.07) is 9.02. The van der Waals surface area contributed by atoms with E-state index in [1.54, 1.807) is 25.1 Å². The van der Waals surface area contributed by atoms with Crippen molar-refractivity contribution in [1.29, 1.82) is 0 Å². The van der Waals surface area contributed by atoms with Gasteiger partial charge in [-0.2, -0.15) is 4.31 Å². The number of sulfonamides is 1. The van der Waals surface area contributed by atoms with E-state index >= 15 is 0 Å². The summed E-state index contributed by atoms with van der Waals surface area (Å²) < 4.78 is 40.7. The maximum atomic E-state index is 13.6. The van der Waals surface area contributed by atoms with Gasteiger partial charge in [-0.3, -0.25) is 4.79 Å². The molecule has 1 aliphatic heterocycles. The topological polar surface area (TPSA) is 66.5 Å². The van der Waals surface area contributed by atoms with E-state index in [2.05, 4.69) is 5.32 Å². The van der Waals surface area contributed by atoms with Gasteiger partial charge < -0.3 is 5.32 Å². The third-order valence-corrected chi connectivity index (χ3v) is 7.64. The number of nitrogens with one attached hydrogen (secondary N) is 1. The molecule has 1 fully saturated rings. The van der Waals surface area contributed by atoms with Crippen LogP contribution in [-0.4, -0.2) is 31.7 Å². The Bertz CT molecular complexity index is 986. The molecule has 3 rings (SSSR count). The predicted molar refractivity (Wildman–Crippen MR) is 108 cm³/mol. The molecule has 0 saturated carbocycles. The number of benzene rings is 2. The number of amides is 1. The molecule has 0 atom stereocenters. The van der Waals surface area contributed by atoms with Crippen molar-refractivity contribution >= 4 is 44.8 Å². The van der Waals surface area contributed by atoms with Crippen LogP contribution < -0.4 is 5.32 Å². The van der Waals surface area contributed by atoms with Crippen LogP contribution in [0, 0.1) is 18.7 Å². The Morgan fingerprint density at radius 3 is 2.32 bits per heavy atom. The van der Waals surface area contributed by atoms with E-state index < -0.39 is 15.8 Å². The van der Waals surface area contributed by atoms with Crippen LogP contribution in [0.15, 0.2) is 41.3 Å². The highest BCUT2D eigenvalue weighted by molar-refractivity contribution is 7.89. The van der Waals surface area contributed by atoms with Gasteiger partial charge in [-0.25, -0.2) is 12.8 Å². The molecule has 0 bridgehead atoms. The minimum absolute atomic E-state index is 0.0637. The maximum Gasteiger partial charge on any atom is 0.246 e. The quantitative estimate of drug-likeness (QED) is 0.755. The van der Waals surface area contributed by atoms with E-state index in [0.29, 0.717) is 24.1 Å². The van der Waals surface area contributed by atoms with Crippen molar-refractivity contribution in [3.05, 3.63) is 57.8 Å². The number of carbonyl (C=O) groups is 1. The fourth-order valence-corrected chi connectivity index (χ4v) is 5.69. The Kier molecular flexibility index (Phi) is 6.29. The fraction of sp³-hybridized carbons (Fsp3) is 0.316. The van der Waals surface area contributed by atoms with Gasteiger partial charge in [0.15, 0.2) is 0 Å². The van der Waals surface area contributed by atoms with Crippen molar-refractivity contribution in [2.24, 2.45) is 5.92 Å². The second kappa shape index (κ2) is 8.37. The molecule has 2 aromatic carbocycles. The normalized spacial score (nSPS) is 16.1. The molecule has 1 N–H and O–H groups in total. The summed E-state index contributed by atoms with van der Waals surface area (Å²) >= 11 is 12.1. The number of hydrogen-bond donors (Lipinski definition) is 1. The second-order valence-electron chi connectivity index (χ2n) is 6.68. The standard InChI is InChI=1S/C19H19Cl2FN2O3S/c1-12-5-6-14(11-17(12)22)23-19(25)13-7-9-24(10-8-13)28(26,27)18-15(20)3-2-4-16(18)21/h2-6,11,13H,7-10H2,1H3,(H,23,25). The highest BCUT2D eigenvalue weighted by Crippen LogP contribution is 2.33. The van der Waals surface area contributed by atoms with Gasteiger partial charge in [0.2, 0.25) is 15.9 Å². The van der Waals surface area contributed by atoms with Crippen molar-refractivity contribution in [1.82, 2.24) is 4.31 Å². The number of aryl methyl sites for hydroxylation is 1. The van der Waals surface area contributed by atoms with Crippen molar-refractivity contribution in [2.45, 2.75) is 24.7 Å². The molecule has 1 heterocycles. The van der Waals surface area contributed by atoms with E-state index in [0.717, 1.165) is 0 Å². The fourth-order valence-electron chi connectivity index (χ4n) is 3.13. The smallest absolute Gasteiger partial charge is 0.246 e. The summed E-state index contributed by atoms with van der Waals surface area (Å²) in [5.74, 6) is -1.01. The molecule has 0 spiro atoms. The number of anilines is 1. The van der Waals surface area contributed by atoms with Gasteiger partial charge in [-0.15, -0.1) is 0 Å². The van der Waals surface area contributed by atoms with Crippen LogP contribution >= 0.6 is 23.2 Å². The average molecular weight is 445 g/mol. The lowest BCUT2D eigenvalue weighted by atomic mass is 9.97. The molecule has 0 aliphatic carbocycles. The molecular weight excluding hydrogens is 426 g/mol. The molecule has 0 unspecified atom stereocenters. The molecule has 1 saturated heterocycles.